The van der Waals surface area contributed by atoms with E-state index in [-0.39, 0.29) is 11.8 Å². The molecule has 6 heteroatoms. The van der Waals surface area contributed by atoms with E-state index in [1.54, 1.807) is 11.3 Å². The number of aryl methyl sites for hydroxylation is 2. The van der Waals surface area contributed by atoms with E-state index in [1.807, 2.05) is 29.3 Å². The molecule has 5 rings (SSSR count). The molecule has 26 heavy (non-hydrogen) atoms. The van der Waals surface area contributed by atoms with Crippen molar-refractivity contribution < 1.29 is 4.79 Å². The fraction of sp³-hybridized carbons (Fsp3) is 0.450. The maximum Gasteiger partial charge on any atom is 0.263 e. The molecule has 4 heterocycles. The summed E-state index contributed by atoms with van der Waals surface area (Å²) in [5, 5.41) is 8.69. The molecule has 0 saturated carbocycles. The maximum atomic E-state index is 13.1. The van der Waals surface area contributed by atoms with Gasteiger partial charge in [0.25, 0.3) is 5.91 Å². The van der Waals surface area contributed by atoms with Crippen molar-refractivity contribution in [3.05, 3.63) is 51.6 Å². The van der Waals surface area contributed by atoms with E-state index in [9.17, 15) is 4.79 Å². The van der Waals surface area contributed by atoms with Gasteiger partial charge in [-0.25, -0.2) is 0 Å². The molecule has 3 aromatic rings. The van der Waals surface area contributed by atoms with Crippen molar-refractivity contribution in [3.63, 3.8) is 0 Å². The fourth-order valence-corrected chi connectivity index (χ4v) is 5.48. The van der Waals surface area contributed by atoms with Gasteiger partial charge in [0.2, 0.25) is 0 Å². The van der Waals surface area contributed by atoms with Gasteiger partial charge in [0.1, 0.15) is 5.82 Å². The van der Waals surface area contributed by atoms with Crippen molar-refractivity contribution in [2.45, 2.75) is 44.4 Å². The number of hydrogen-bond acceptors (Lipinski definition) is 4. The summed E-state index contributed by atoms with van der Waals surface area (Å²) in [5.74, 6) is 1.42. The van der Waals surface area contributed by atoms with Crippen LogP contribution in [-0.2, 0) is 12.8 Å². The van der Waals surface area contributed by atoms with Gasteiger partial charge in [-0.1, -0.05) is 6.07 Å². The third-order valence-corrected chi connectivity index (χ3v) is 6.85. The molecule has 0 unspecified atom stereocenters. The first-order chi connectivity index (χ1) is 12.8. The minimum Gasteiger partial charge on any atom is -0.337 e. The number of amides is 1. The van der Waals surface area contributed by atoms with Crippen molar-refractivity contribution in [1.29, 1.82) is 0 Å². The zero-order chi connectivity index (χ0) is 17.5. The normalized spacial score (nSPS) is 20.3. The Morgan fingerprint density at radius 2 is 2.08 bits per heavy atom. The molecular formula is C20H22N4OS. The molecule has 5 nitrogen and oxygen atoms in total. The molecule has 1 aliphatic heterocycles. The lowest BCUT2D eigenvalue weighted by atomic mass is 9.96. The highest BCUT2D eigenvalue weighted by Gasteiger charge is 2.29. The van der Waals surface area contributed by atoms with E-state index < -0.39 is 0 Å². The van der Waals surface area contributed by atoms with Crippen molar-refractivity contribution in [2.24, 2.45) is 0 Å². The van der Waals surface area contributed by atoms with Crippen LogP contribution in [0.2, 0.25) is 0 Å². The van der Waals surface area contributed by atoms with Crippen LogP contribution in [0.25, 0.3) is 5.65 Å². The smallest absolute Gasteiger partial charge is 0.263 e. The average molecular weight is 366 g/mol. The van der Waals surface area contributed by atoms with Gasteiger partial charge in [0.05, 0.1) is 4.88 Å². The van der Waals surface area contributed by atoms with Crippen LogP contribution in [0.5, 0.6) is 0 Å². The van der Waals surface area contributed by atoms with Crippen molar-refractivity contribution in [2.75, 3.05) is 13.1 Å². The van der Waals surface area contributed by atoms with Crippen LogP contribution in [0.15, 0.2) is 30.5 Å². The molecule has 0 spiro atoms. The quantitative estimate of drug-likeness (QED) is 0.695. The van der Waals surface area contributed by atoms with Gasteiger partial charge >= 0.3 is 0 Å². The molecule has 1 saturated heterocycles. The molecule has 1 atom stereocenters. The molecule has 1 amide bonds. The van der Waals surface area contributed by atoms with E-state index in [1.165, 1.54) is 23.3 Å². The number of hydrogen-bond donors (Lipinski definition) is 0. The van der Waals surface area contributed by atoms with Gasteiger partial charge in [-0.2, -0.15) is 0 Å². The number of likely N-dealkylation sites (tertiary alicyclic amines) is 1. The molecule has 0 N–H and O–H groups in total. The average Bonchev–Trinajstić information content (AvgIpc) is 3.31. The molecule has 134 valence electrons. The lowest BCUT2D eigenvalue weighted by Crippen LogP contribution is -2.39. The summed E-state index contributed by atoms with van der Waals surface area (Å²) in [5.41, 5.74) is 2.28. The van der Waals surface area contributed by atoms with Gasteiger partial charge in [-0.3, -0.25) is 9.20 Å². The molecule has 0 radical (unpaired) electrons. The van der Waals surface area contributed by atoms with Crippen molar-refractivity contribution >= 4 is 22.9 Å². The van der Waals surface area contributed by atoms with Gasteiger partial charge in [0, 0.05) is 30.1 Å². The highest BCUT2D eigenvalue weighted by atomic mass is 32.1. The van der Waals surface area contributed by atoms with Crippen LogP contribution in [0, 0.1) is 0 Å². The summed E-state index contributed by atoms with van der Waals surface area (Å²) in [6.07, 6.45) is 8.87. The van der Waals surface area contributed by atoms with E-state index in [0.717, 1.165) is 55.1 Å². The number of fused-ring (bicyclic) bond motifs is 2. The number of aromatic nitrogens is 3. The Bertz CT molecular complexity index is 936. The van der Waals surface area contributed by atoms with Crippen LogP contribution in [0.3, 0.4) is 0 Å². The second-order valence-electron chi connectivity index (χ2n) is 7.34. The number of carbonyl (C=O) groups excluding carboxylic acids is 1. The molecule has 1 fully saturated rings. The SMILES string of the molecule is O=C(c1cc2c(s1)CCCC2)N1CCC[C@@H](c2nnc3ccccn23)C1. The lowest BCUT2D eigenvalue weighted by Gasteiger charge is -2.31. The highest BCUT2D eigenvalue weighted by Crippen LogP contribution is 2.32. The highest BCUT2D eigenvalue weighted by molar-refractivity contribution is 7.14. The summed E-state index contributed by atoms with van der Waals surface area (Å²) in [7, 11) is 0. The Hall–Kier alpha value is -2.21. The molecule has 0 bridgehead atoms. The van der Waals surface area contributed by atoms with Crippen LogP contribution in [-0.4, -0.2) is 38.5 Å². The Morgan fingerprint density at radius 3 is 3.00 bits per heavy atom. The summed E-state index contributed by atoms with van der Waals surface area (Å²) in [6.45, 7) is 1.58. The van der Waals surface area contributed by atoms with E-state index in [0.29, 0.717) is 0 Å². The minimum atomic E-state index is 0.197. The minimum absolute atomic E-state index is 0.197. The topological polar surface area (TPSA) is 50.5 Å². The monoisotopic (exact) mass is 366 g/mol. The molecule has 3 aromatic heterocycles. The van der Waals surface area contributed by atoms with Gasteiger partial charge < -0.3 is 4.90 Å². The maximum absolute atomic E-state index is 13.1. The third kappa shape index (κ3) is 2.72. The predicted molar refractivity (Wildman–Crippen MR) is 102 cm³/mol. The van der Waals surface area contributed by atoms with E-state index in [2.05, 4.69) is 20.7 Å². The molecule has 0 aromatic carbocycles. The van der Waals surface area contributed by atoms with E-state index in [4.69, 9.17) is 0 Å². The molecule has 2 aliphatic rings. The summed E-state index contributed by atoms with van der Waals surface area (Å²) in [6, 6.07) is 8.10. The van der Waals surface area contributed by atoms with Crippen LogP contribution in [0.1, 0.15) is 57.5 Å². The second kappa shape index (κ2) is 6.50. The number of piperidine rings is 1. The zero-order valence-corrected chi connectivity index (χ0v) is 15.5. The Balaban J connectivity index is 1.38. The first-order valence-electron chi connectivity index (χ1n) is 9.50. The lowest BCUT2D eigenvalue weighted by molar-refractivity contribution is 0.0709. The Kier molecular flexibility index (Phi) is 4.00. The molecular weight excluding hydrogens is 344 g/mol. The van der Waals surface area contributed by atoms with Crippen molar-refractivity contribution in [3.8, 4) is 0 Å². The Labute approximate surface area is 156 Å². The van der Waals surface area contributed by atoms with Gasteiger partial charge in [0.15, 0.2) is 5.65 Å². The van der Waals surface area contributed by atoms with Gasteiger partial charge in [-0.05, 0) is 62.3 Å². The van der Waals surface area contributed by atoms with Crippen LogP contribution in [0.4, 0.5) is 0 Å². The first kappa shape index (κ1) is 16.0. The number of pyridine rings is 1. The van der Waals surface area contributed by atoms with Gasteiger partial charge in [-0.15, -0.1) is 21.5 Å². The predicted octanol–water partition coefficient (Wildman–Crippen LogP) is 3.69. The number of thiophene rings is 1. The largest absolute Gasteiger partial charge is 0.337 e. The number of rotatable bonds is 2. The standard InChI is InChI=1S/C20H22N4OS/c25-20(17-12-14-6-1-2-8-16(14)26-17)23-10-5-7-15(13-23)19-22-21-18-9-3-4-11-24(18)19/h3-4,9,11-12,15H,1-2,5-8,10,13H2/t15-/m1/s1. The number of nitrogens with zero attached hydrogens (tertiary/aromatic N) is 4. The van der Waals surface area contributed by atoms with Crippen LogP contribution >= 0.6 is 11.3 Å². The zero-order valence-electron chi connectivity index (χ0n) is 14.7. The van der Waals surface area contributed by atoms with Crippen molar-refractivity contribution in [1.82, 2.24) is 19.5 Å². The third-order valence-electron chi connectivity index (χ3n) is 5.62. The summed E-state index contributed by atoms with van der Waals surface area (Å²) < 4.78 is 2.06. The fourth-order valence-electron chi connectivity index (χ4n) is 4.26. The van der Waals surface area contributed by atoms with E-state index >= 15 is 0 Å². The first-order valence-corrected chi connectivity index (χ1v) is 10.3. The second-order valence-corrected chi connectivity index (χ2v) is 8.48. The van der Waals surface area contributed by atoms with Crippen LogP contribution < -0.4 is 0 Å². The summed E-state index contributed by atoms with van der Waals surface area (Å²) in [4.78, 5) is 17.5. The Morgan fingerprint density at radius 1 is 1.15 bits per heavy atom. The molecule has 1 aliphatic carbocycles. The number of carbonyl (C=O) groups is 1. The summed E-state index contributed by atoms with van der Waals surface area (Å²) >= 11 is 1.71.